The van der Waals surface area contributed by atoms with Gasteiger partial charge in [0.2, 0.25) is 11.8 Å². The maximum absolute atomic E-state index is 13.2. The Labute approximate surface area is 192 Å². The molecule has 5 rings (SSSR count). The molecule has 9 atom stereocenters. The van der Waals surface area contributed by atoms with Gasteiger partial charge in [-0.05, 0) is 91.1 Å². The van der Waals surface area contributed by atoms with Crippen LogP contribution < -0.4 is 10.6 Å². The van der Waals surface area contributed by atoms with Crippen molar-refractivity contribution in [2.24, 2.45) is 52.1 Å². The van der Waals surface area contributed by atoms with Crippen LogP contribution >= 0.6 is 0 Å². The summed E-state index contributed by atoms with van der Waals surface area (Å²) in [4.78, 5) is 31.6. The summed E-state index contributed by atoms with van der Waals surface area (Å²) in [5.74, 6) is 2.88. The third-order valence-electron chi connectivity index (χ3n) is 10.9. The van der Waals surface area contributed by atoms with E-state index in [0.29, 0.717) is 36.0 Å². The van der Waals surface area contributed by atoms with E-state index in [9.17, 15) is 9.59 Å². The molecule has 0 radical (unpaired) electrons. The zero-order chi connectivity index (χ0) is 22.8. The van der Waals surface area contributed by atoms with E-state index >= 15 is 0 Å². The van der Waals surface area contributed by atoms with Crippen LogP contribution in [0.5, 0.6) is 0 Å². The second-order valence-corrected chi connectivity index (χ2v) is 11.8. The van der Waals surface area contributed by atoms with Crippen LogP contribution in [0.25, 0.3) is 0 Å². The average Bonchev–Trinajstić information content (AvgIpc) is 3.12. The number of nitrogens with two attached hydrogens (primary N) is 1. The van der Waals surface area contributed by atoms with Gasteiger partial charge in [-0.3, -0.25) is 14.6 Å². The summed E-state index contributed by atoms with van der Waals surface area (Å²) in [6.45, 7) is 9.31. The summed E-state index contributed by atoms with van der Waals surface area (Å²) in [6.07, 6.45) is 11.2. The SMILES string of the molecule is CC(C(N)=O)[C@H]1CC[C@H]2[C@@H]3CC[C@H]4N(c5ccncc5)C(=O)CC(C)[C@]4(C)[C@H]3CC[C@]12C. The Morgan fingerprint density at radius 2 is 1.84 bits per heavy atom. The molecule has 0 spiro atoms. The molecule has 1 aromatic heterocycles. The molecule has 1 aromatic rings. The van der Waals surface area contributed by atoms with E-state index in [1.807, 2.05) is 19.1 Å². The largest absolute Gasteiger partial charge is 0.369 e. The van der Waals surface area contributed by atoms with E-state index in [4.69, 9.17) is 5.73 Å². The van der Waals surface area contributed by atoms with Gasteiger partial charge in [-0.2, -0.15) is 0 Å². The molecule has 5 nitrogen and oxygen atoms in total. The maximum atomic E-state index is 13.2. The predicted molar refractivity (Wildman–Crippen MR) is 126 cm³/mol. The van der Waals surface area contributed by atoms with E-state index in [0.717, 1.165) is 18.5 Å². The van der Waals surface area contributed by atoms with Crippen molar-refractivity contribution in [2.75, 3.05) is 4.90 Å². The monoisotopic (exact) mass is 437 g/mol. The van der Waals surface area contributed by atoms with Crippen LogP contribution in [0.15, 0.2) is 24.5 Å². The Bertz CT molecular complexity index is 903. The number of nitrogens with zero attached hydrogens (tertiary/aromatic N) is 2. The van der Waals surface area contributed by atoms with Gasteiger partial charge in [-0.15, -0.1) is 0 Å². The summed E-state index contributed by atoms with van der Waals surface area (Å²) in [5.41, 5.74) is 7.10. The predicted octanol–water partition coefficient (Wildman–Crippen LogP) is 4.80. The highest BCUT2D eigenvalue weighted by atomic mass is 16.2. The van der Waals surface area contributed by atoms with Crippen molar-refractivity contribution >= 4 is 17.5 Å². The number of carbonyl (C=O) groups excluding carboxylic acids is 2. The van der Waals surface area contributed by atoms with Gasteiger partial charge in [0.15, 0.2) is 0 Å². The topological polar surface area (TPSA) is 76.3 Å². The van der Waals surface area contributed by atoms with Crippen LogP contribution in [0.1, 0.15) is 72.6 Å². The number of anilines is 1. The molecule has 3 saturated carbocycles. The van der Waals surface area contributed by atoms with E-state index in [-0.39, 0.29) is 34.6 Å². The second-order valence-electron chi connectivity index (χ2n) is 11.8. The number of amides is 2. The van der Waals surface area contributed by atoms with Gasteiger partial charge in [-0.1, -0.05) is 27.7 Å². The molecule has 2 amide bonds. The Balaban J connectivity index is 1.48. The summed E-state index contributed by atoms with van der Waals surface area (Å²) in [5, 5.41) is 0. The number of fused-ring (bicyclic) bond motifs is 5. The summed E-state index contributed by atoms with van der Waals surface area (Å²) in [6, 6.07) is 4.24. The van der Waals surface area contributed by atoms with Crippen molar-refractivity contribution in [1.82, 2.24) is 4.98 Å². The highest BCUT2D eigenvalue weighted by Crippen LogP contribution is 2.68. The third kappa shape index (κ3) is 2.92. The van der Waals surface area contributed by atoms with Crippen molar-refractivity contribution in [3.8, 4) is 0 Å². The minimum Gasteiger partial charge on any atom is -0.369 e. The number of aromatic nitrogens is 1. The van der Waals surface area contributed by atoms with Crippen molar-refractivity contribution in [2.45, 2.75) is 78.7 Å². The van der Waals surface area contributed by atoms with E-state index in [1.165, 1.54) is 25.7 Å². The number of carbonyl (C=O) groups is 2. The highest BCUT2D eigenvalue weighted by molar-refractivity contribution is 5.95. The maximum Gasteiger partial charge on any atom is 0.227 e. The van der Waals surface area contributed by atoms with Gasteiger partial charge in [0, 0.05) is 36.5 Å². The van der Waals surface area contributed by atoms with E-state index < -0.39 is 0 Å². The number of rotatable bonds is 3. The first-order chi connectivity index (χ1) is 15.2. The van der Waals surface area contributed by atoms with Crippen molar-refractivity contribution in [1.29, 1.82) is 0 Å². The lowest BCUT2D eigenvalue weighted by molar-refractivity contribution is -0.141. The number of hydrogen-bond acceptors (Lipinski definition) is 3. The van der Waals surface area contributed by atoms with Gasteiger partial charge in [0.25, 0.3) is 0 Å². The molecule has 174 valence electrons. The first-order valence-electron chi connectivity index (χ1n) is 12.7. The van der Waals surface area contributed by atoms with Crippen LogP contribution in [0.4, 0.5) is 5.69 Å². The molecule has 4 fully saturated rings. The lowest BCUT2D eigenvalue weighted by atomic mass is 9.44. The van der Waals surface area contributed by atoms with Crippen molar-refractivity contribution < 1.29 is 9.59 Å². The number of pyridine rings is 1. The normalized spacial score (nSPS) is 44.4. The first kappa shape index (κ1) is 21.9. The molecular formula is C27H39N3O2. The van der Waals surface area contributed by atoms with Crippen LogP contribution in [-0.2, 0) is 9.59 Å². The average molecular weight is 438 g/mol. The molecule has 32 heavy (non-hydrogen) atoms. The lowest BCUT2D eigenvalue weighted by Gasteiger charge is -2.64. The Hall–Kier alpha value is -1.91. The Kier molecular flexibility index (Phi) is 5.18. The van der Waals surface area contributed by atoms with Gasteiger partial charge < -0.3 is 10.6 Å². The Morgan fingerprint density at radius 3 is 2.53 bits per heavy atom. The smallest absolute Gasteiger partial charge is 0.227 e. The van der Waals surface area contributed by atoms with Crippen LogP contribution in [0, 0.1) is 46.3 Å². The number of primary amides is 1. The van der Waals surface area contributed by atoms with Crippen molar-refractivity contribution in [3.63, 3.8) is 0 Å². The molecule has 2 heterocycles. The summed E-state index contributed by atoms with van der Waals surface area (Å²) in [7, 11) is 0. The first-order valence-corrected chi connectivity index (χ1v) is 12.7. The number of piperidine rings is 1. The fraction of sp³-hybridized carbons (Fsp3) is 0.741. The molecule has 0 aromatic carbocycles. The zero-order valence-corrected chi connectivity index (χ0v) is 20.1. The van der Waals surface area contributed by atoms with Crippen molar-refractivity contribution in [3.05, 3.63) is 24.5 Å². The van der Waals surface area contributed by atoms with Crippen LogP contribution in [0.2, 0.25) is 0 Å². The molecule has 4 aliphatic rings. The van der Waals surface area contributed by atoms with Crippen LogP contribution in [0.3, 0.4) is 0 Å². The highest BCUT2D eigenvalue weighted by Gasteiger charge is 2.63. The van der Waals surface area contributed by atoms with Gasteiger partial charge in [0.05, 0.1) is 0 Å². The van der Waals surface area contributed by atoms with Gasteiger partial charge in [-0.25, -0.2) is 0 Å². The molecule has 0 bridgehead atoms. The zero-order valence-electron chi connectivity index (χ0n) is 20.1. The summed E-state index contributed by atoms with van der Waals surface area (Å²) < 4.78 is 0. The van der Waals surface area contributed by atoms with Gasteiger partial charge >= 0.3 is 0 Å². The minimum atomic E-state index is -0.137. The second kappa shape index (κ2) is 7.56. The molecule has 1 saturated heterocycles. The minimum absolute atomic E-state index is 0.0399. The third-order valence-corrected chi connectivity index (χ3v) is 10.9. The quantitative estimate of drug-likeness (QED) is 0.738. The Morgan fingerprint density at radius 1 is 1.12 bits per heavy atom. The summed E-state index contributed by atoms with van der Waals surface area (Å²) >= 11 is 0. The van der Waals surface area contributed by atoms with E-state index in [2.05, 4.69) is 30.7 Å². The molecule has 2 N–H and O–H groups in total. The molecule has 3 aliphatic carbocycles. The van der Waals surface area contributed by atoms with Gasteiger partial charge in [0.1, 0.15) is 0 Å². The lowest BCUT2D eigenvalue weighted by Crippen LogP contribution is -2.65. The fourth-order valence-electron chi connectivity index (χ4n) is 9.11. The molecule has 5 heteroatoms. The molecular weight excluding hydrogens is 398 g/mol. The van der Waals surface area contributed by atoms with Crippen LogP contribution in [-0.4, -0.2) is 22.8 Å². The molecule has 2 unspecified atom stereocenters. The number of hydrogen-bond donors (Lipinski definition) is 1. The fourth-order valence-corrected chi connectivity index (χ4v) is 9.11. The molecule has 1 aliphatic heterocycles. The van der Waals surface area contributed by atoms with E-state index in [1.54, 1.807) is 12.4 Å². The standard InChI is InChI=1S/C27H39N3O2/c1-16-15-24(31)30(18-10-13-29-14-11-18)23-8-5-19-21-7-6-20(17(2)25(28)32)26(21,3)12-9-22(19)27(16,23)4/h10-11,13-14,16-17,19-23H,5-9,12,15H2,1-4H3,(H2,28,32)/t16?,17?,19-,20+,21-,22-,23+,26+,27+/m0/s1.